The SMILES string of the molecule is Cc1ccc(NC(=O)[C@@H]([NH3+])C#N)cc1. The molecule has 1 amide bonds. The van der Waals surface area contributed by atoms with E-state index in [1.807, 2.05) is 19.1 Å². The average molecular weight is 190 g/mol. The Morgan fingerprint density at radius 2 is 2.07 bits per heavy atom. The Kier molecular flexibility index (Phi) is 3.21. The number of hydrogen-bond donors (Lipinski definition) is 2. The minimum atomic E-state index is -0.865. The number of anilines is 1. The zero-order valence-electron chi connectivity index (χ0n) is 7.95. The number of quaternary nitrogens is 1. The van der Waals surface area contributed by atoms with Crippen molar-refractivity contribution >= 4 is 11.6 Å². The number of carbonyl (C=O) groups is 1. The first kappa shape index (κ1) is 10.2. The summed E-state index contributed by atoms with van der Waals surface area (Å²) in [7, 11) is 0. The maximum Gasteiger partial charge on any atom is 0.297 e. The van der Waals surface area contributed by atoms with Crippen LogP contribution in [0.5, 0.6) is 0 Å². The summed E-state index contributed by atoms with van der Waals surface area (Å²) in [5, 5.41) is 11.0. The first-order valence-electron chi connectivity index (χ1n) is 4.23. The van der Waals surface area contributed by atoms with Gasteiger partial charge in [0.15, 0.2) is 0 Å². The predicted molar refractivity (Wildman–Crippen MR) is 52.1 cm³/mol. The van der Waals surface area contributed by atoms with Crippen molar-refractivity contribution in [2.45, 2.75) is 13.0 Å². The van der Waals surface area contributed by atoms with Crippen LogP contribution in [0.1, 0.15) is 5.56 Å². The van der Waals surface area contributed by atoms with Crippen LogP contribution in [0.25, 0.3) is 0 Å². The minimum absolute atomic E-state index is 0.378. The summed E-state index contributed by atoms with van der Waals surface area (Å²) in [5.41, 5.74) is 5.20. The quantitative estimate of drug-likeness (QED) is 0.691. The van der Waals surface area contributed by atoms with Crippen LogP contribution in [0.2, 0.25) is 0 Å². The van der Waals surface area contributed by atoms with Crippen molar-refractivity contribution in [3.05, 3.63) is 29.8 Å². The van der Waals surface area contributed by atoms with Crippen molar-refractivity contribution in [3.8, 4) is 6.07 Å². The fraction of sp³-hybridized carbons (Fsp3) is 0.200. The summed E-state index contributed by atoms with van der Waals surface area (Å²) >= 11 is 0. The molecular weight excluding hydrogens is 178 g/mol. The number of rotatable bonds is 2. The highest BCUT2D eigenvalue weighted by Gasteiger charge is 2.15. The van der Waals surface area contributed by atoms with E-state index < -0.39 is 6.04 Å². The van der Waals surface area contributed by atoms with Crippen LogP contribution in [0.4, 0.5) is 5.69 Å². The van der Waals surface area contributed by atoms with Gasteiger partial charge in [0.2, 0.25) is 0 Å². The molecule has 4 nitrogen and oxygen atoms in total. The van der Waals surface area contributed by atoms with Gasteiger partial charge < -0.3 is 11.1 Å². The topological polar surface area (TPSA) is 80.5 Å². The normalized spacial score (nSPS) is 11.5. The zero-order chi connectivity index (χ0) is 10.6. The Morgan fingerprint density at radius 3 is 2.57 bits per heavy atom. The molecule has 0 fully saturated rings. The summed E-state index contributed by atoms with van der Waals surface area (Å²) in [5.74, 6) is -0.378. The van der Waals surface area contributed by atoms with Gasteiger partial charge in [-0.15, -0.1) is 0 Å². The molecule has 0 aromatic heterocycles. The Bertz CT molecular complexity index is 364. The highest BCUT2D eigenvalue weighted by molar-refractivity contribution is 5.95. The second-order valence-corrected chi connectivity index (χ2v) is 3.04. The molecule has 4 heteroatoms. The lowest BCUT2D eigenvalue weighted by molar-refractivity contribution is -0.384. The van der Waals surface area contributed by atoms with Crippen molar-refractivity contribution in [2.75, 3.05) is 5.32 Å². The molecule has 72 valence electrons. The van der Waals surface area contributed by atoms with E-state index in [2.05, 4.69) is 11.1 Å². The van der Waals surface area contributed by atoms with E-state index in [0.717, 1.165) is 5.56 Å². The second-order valence-electron chi connectivity index (χ2n) is 3.04. The van der Waals surface area contributed by atoms with Gasteiger partial charge >= 0.3 is 0 Å². The van der Waals surface area contributed by atoms with Crippen molar-refractivity contribution in [1.29, 1.82) is 5.26 Å². The second kappa shape index (κ2) is 4.40. The van der Waals surface area contributed by atoms with Gasteiger partial charge in [-0.1, -0.05) is 17.7 Å². The lowest BCUT2D eigenvalue weighted by atomic mass is 10.2. The first-order chi connectivity index (χ1) is 6.63. The van der Waals surface area contributed by atoms with E-state index in [1.165, 1.54) is 0 Å². The molecule has 1 aromatic carbocycles. The van der Waals surface area contributed by atoms with Gasteiger partial charge in [-0.3, -0.25) is 4.79 Å². The molecule has 0 aliphatic carbocycles. The van der Waals surface area contributed by atoms with Crippen LogP contribution in [0, 0.1) is 18.3 Å². The van der Waals surface area contributed by atoms with E-state index in [9.17, 15) is 4.79 Å². The van der Waals surface area contributed by atoms with Crippen LogP contribution in [-0.4, -0.2) is 11.9 Å². The van der Waals surface area contributed by atoms with Crippen molar-refractivity contribution < 1.29 is 10.5 Å². The fourth-order valence-electron chi connectivity index (χ4n) is 0.925. The van der Waals surface area contributed by atoms with Crippen molar-refractivity contribution in [2.24, 2.45) is 0 Å². The average Bonchev–Trinajstić information content (AvgIpc) is 2.20. The number of amides is 1. The van der Waals surface area contributed by atoms with Gasteiger partial charge in [-0.2, -0.15) is 5.26 Å². The van der Waals surface area contributed by atoms with Gasteiger partial charge in [0.25, 0.3) is 11.9 Å². The van der Waals surface area contributed by atoms with Gasteiger partial charge in [0.1, 0.15) is 6.07 Å². The van der Waals surface area contributed by atoms with Gasteiger partial charge in [0, 0.05) is 5.69 Å². The number of benzene rings is 1. The summed E-state index contributed by atoms with van der Waals surface area (Å²) in [6.07, 6.45) is 0. The number of nitriles is 1. The zero-order valence-corrected chi connectivity index (χ0v) is 7.95. The molecule has 1 aromatic rings. The largest absolute Gasteiger partial charge is 0.335 e. The van der Waals surface area contributed by atoms with Gasteiger partial charge in [-0.25, -0.2) is 0 Å². The number of hydrogen-bond acceptors (Lipinski definition) is 2. The lowest BCUT2D eigenvalue weighted by Gasteiger charge is -2.04. The fourth-order valence-corrected chi connectivity index (χ4v) is 0.925. The molecule has 0 unspecified atom stereocenters. The highest BCUT2D eigenvalue weighted by atomic mass is 16.2. The standard InChI is InChI=1S/C10H11N3O/c1-7-2-4-8(5-3-7)13-10(14)9(12)6-11/h2-5,9H,12H2,1H3,(H,13,14)/p+1/t9-/m0/s1. The molecule has 0 heterocycles. The third kappa shape index (κ3) is 2.57. The molecule has 0 aliphatic rings. The maximum atomic E-state index is 11.2. The Hall–Kier alpha value is -1.86. The van der Waals surface area contributed by atoms with E-state index in [4.69, 9.17) is 5.26 Å². The van der Waals surface area contributed by atoms with E-state index >= 15 is 0 Å². The molecule has 1 atom stereocenters. The Balaban J connectivity index is 2.66. The van der Waals surface area contributed by atoms with E-state index in [-0.39, 0.29) is 5.91 Å². The van der Waals surface area contributed by atoms with Crippen LogP contribution in [0.15, 0.2) is 24.3 Å². The summed E-state index contributed by atoms with van der Waals surface area (Å²) < 4.78 is 0. The van der Waals surface area contributed by atoms with Gasteiger partial charge in [0.05, 0.1) is 0 Å². The molecule has 4 N–H and O–H groups in total. The van der Waals surface area contributed by atoms with Crippen LogP contribution in [-0.2, 0) is 4.79 Å². The first-order valence-corrected chi connectivity index (χ1v) is 4.23. The smallest absolute Gasteiger partial charge is 0.297 e. The number of carbonyl (C=O) groups excluding carboxylic acids is 1. The molecule has 14 heavy (non-hydrogen) atoms. The molecule has 0 bridgehead atoms. The third-order valence-electron chi connectivity index (χ3n) is 1.79. The molecular formula is C10H12N3O+. The Morgan fingerprint density at radius 1 is 1.50 bits per heavy atom. The number of nitrogens with zero attached hydrogens (tertiary/aromatic N) is 1. The molecule has 0 aliphatic heterocycles. The van der Waals surface area contributed by atoms with Crippen LogP contribution >= 0.6 is 0 Å². The molecule has 1 rings (SSSR count). The number of nitrogens with one attached hydrogen (secondary N) is 1. The lowest BCUT2D eigenvalue weighted by Crippen LogP contribution is -2.65. The number of aryl methyl sites for hydroxylation is 1. The minimum Gasteiger partial charge on any atom is -0.335 e. The predicted octanol–water partition coefficient (Wildman–Crippen LogP) is 0.0676. The monoisotopic (exact) mass is 190 g/mol. The summed E-state index contributed by atoms with van der Waals surface area (Å²) in [6.45, 7) is 1.96. The van der Waals surface area contributed by atoms with Crippen LogP contribution < -0.4 is 11.1 Å². The third-order valence-corrected chi connectivity index (χ3v) is 1.79. The molecule has 0 radical (unpaired) electrons. The van der Waals surface area contributed by atoms with E-state index in [0.29, 0.717) is 5.69 Å². The maximum absolute atomic E-state index is 11.2. The van der Waals surface area contributed by atoms with Gasteiger partial charge in [-0.05, 0) is 19.1 Å². The van der Waals surface area contributed by atoms with Crippen molar-refractivity contribution in [1.82, 2.24) is 0 Å². The summed E-state index contributed by atoms with van der Waals surface area (Å²) in [6, 6.07) is 8.26. The Labute approximate surface area is 82.3 Å². The van der Waals surface area contributed by atoms with Crippen LogP contribution in [0.3, 0.4) is 0 Å². The molecule has 0 spiro atoms. The van der Waals surface area contributed by atoms with E-state index in [1.54, 1.807) is 18.2 Å². The molecule has 0 saturated heterocycles. The highest BCUT2D eigenvalue weighted by Crippen LogP contribution is 2.08. The molecule has 0 saturated carbocycles. The van der Waals surface area contributed by atoms with Crippen molar-refractivity contribution in [3.63, 3.8) is 0 Å². The summed E-state index contributed by atoms with van der Waals surface area (Å²) in [4.78, 5) is 11.2.